The Hall–Kier alpha value is -0.835. The first kappa shape index (κ1) is 21.2. The van der Waals surface area contributed by atoms with Crippen molar-refractivity contribution >= 4 is 7.32 Å². The molecule has 0 aliphatic rings. The van der Waals surface area contributed by atoms with Gasteiger partial charge >= 0.3 is 7.32 Å². The molecule has 0 rings (SSSR count). The molecule has 0 bridgehead atoms. The zero-order valence-corrected chi connectivity index (χ0v) is 14.6. The molecule has 0 aliphatic carbocycles. The molecule has 0 aromatic rings. The summed E-state index contributed by atoms with van der Waals surface area (Å²) in [5, 5.41) is 0. The van der Waals surface area contributed by atoms with Crippen molar-refractivity contribution in [2.45, 2.75) is 59.3 Å². The van der Waals surface area contributed by atoms with Crippen LogP contribution in [0.1, 0.15) is 59.3 Å². The summed E-state index contributed by atoms with van der Waals surface area (Å²) in [6, 6.07) is 0. The predicted molar refractivity (Wildman–Crippen MR) is 95.8 cm³/mol. The van der Waals surface area contributed by atoms with Crippen LogP contribution in [-0.2, 0) is 14.0 Å². The molecule has 0 amide bonds. The third kappa shape index (κ3) is 15.6. The summed E-state index contributed by atoms with van der Waals surface area (Å²) in [4.78, 5) is 0. The average Bonchev–Trinajstić information content (AvgIpc) is 2.53. The van der Waals surface area contributed by atoms with E-state index in [9.17, 15) is 0 Å². The molecule has 126 valence electrons. The van der Waals surface area contributed by atoms with Gasteiger partial charge in [0.2, 0.25) is 0 Å². The second-order valence-electron chi connectivity index (χ2n) is 4.91. The van der Waals surface area contributed by atoms with Crippen LogP contribution < -0.4 is 0 Å². The average molecular weight is 308 g/mol. The maximum Gasteiger partial charge on any atom is 0.639 e. The van der Waals surface area contributed by atoms with Gasteiger partial charge in [0.1, 0.15) is 0 Å². The Kier molecular flexibility index (Phi) is 17.5. The normalized spacial score (nSPS) is 12.1. The fourth-order valence-electron chi connectivity index (χ4n) is 1.69. The molecule has 0 spiro atoms. The molecule has 0 fully saturated rings. The number of rotatable bonds is 15. The fourth-order valence-corrected chi connectivity index (χ4v) is 1.69. The summed E-state index contributed by atoms with van der Waals surface area (Å²) < 4.78 is 17.0. The molecule has 0 saturated heterocycles. The van der Waals surface area contributed by atoms with Crippen molar-refractivity contribution < 1.29 is 14.0 Å². The van der Waals surface area contributed by atoms with E-state index in [0.29, 0.717) is 19.8 Å². The van der Waals surface area contributed by atoms with Crippen LogP contribution in [0.5, 0.6) is 0 Å². The summed E-state index contributed by atoms with van der Waals surface area (Å²) in [6.45, 7) is 8.24. The van der Waals surface area contributed by atoms with Crippen molar-refractivity contribution in [1.82, 2.24) is 0 Å². The van der Waals surface area contributed by atoms with Crippen molar-refractivity contribution in [3.63, 3.8) is 0 Å². The van der Waals surface area contributed by atoms with Crippen LogP contribution in [0.3, 0.4) is 0 Å². The van der Waals surface area contributed by atoms with Gasteiger partial charge in [-0.15, -0.1) is 0 Å². The molecule has 0 radical (unpaired) electrons. The van der Waals surface area contributed by atoms with Gasteiger partial charge in [-0.05, 0) is 38.5 Å². The van der Waals surface area contributed by atoms with Crippen molar-refractivity contribution in [3.8, 4) is 0 Å². The molecule has 0 aromatic carbocycles. The highest BCUT2D eigenvalue weighted by Gasteiger charge is 2.20. The van der Waals surface area contributed by atoms with E-state index in [0.717, 1.165) is 38.5 Å². The van der Waals surface area contributed by atoms with Gasteiger partial charge in [-0.25, -0.2) is 0 Å². The molecule has 0 atom stereocenters. The Morgan fingerprint density at radius 2 is 0.864 bits per heavy atom. The monoisotopic (exact) mass is 308 g/mol. The molecule has 0 N–H and O–H groups in total. The fraction of sp³-hybridized carbons (Fsp3) is 0.667. The minimum Gasteiger partial charge on any atom is -0.386 e. The van der Waals surface area contributed by atoms with Gasteiger partial charge in [0, 0.05) is 19.8 Å². The van der Waals surface area contributed by atoms with Gasteiger partial charge < -0.3 is 14.0 Å². The zero-order valence-electron chi connectivity index (χ0n) is 14.6. The number of hydrogen-bond donors (Lipinski definition) is 0. The van der Waals surface area contributed by atoms with E-state index in [1.54, 1.807) is 0 Å². The van der Waals surface area contributed by atoms with E-state index in [2.05, 4.69) is 57.2 Å². The van der Waals surface area contributed by atoms with Gasteiger partial charge in [-0.1, -0.05) is 57.2 Å². The summed E-state index contributed by atoms with van der Waals surface area (Å²) in [5.74, 6) is 0. The molecule has 0 aliphatic heterocycles. The van der Waals surface area contributed by atoms with E-state index < -0.39 is 7.32 Å². The van der Waals surface area contributed by atoms with Gasteiger partial charge in [0.05, 0.1) is 0 Å². The Labute approximate surface area is 137 Å². The highest BCUT2D eigenvalue weighted by molar-refractivity contribution is 6.36. The maximum absolute atomic E-state index is 5.66. The third-order valence-corrected chi connectivity index (χ3v) is 2.82. The molecule has 0 aromatic heterocycles. The maximum atomic E-state index is 5.66. The Bertz CT molecular complexity index is 253. The lowest BCUT2D eigenvalue weighted by atomic mass is 10.2. The first-order valence-corrected chi connectivity index (χ1v) is 8.64. The van der Waals surface area contributed by atoms with Crippen molar-refractivity contribution in [2.75, 3.05) is 19.8 Å². The molecule has 4 heteroatoms. The number of hydrogen-bond acceptors (Lipinski definition) is 3. The molecular formula is C18H33BO3. The Morgan fingerprint density at radius 1 is 0.545 bits per heavy atom. The standard InChI is InChI=1S/C18H33BO3/c1-4-7-10-13-16-20-19(21-17-14-11-8-5-2)22-18-15-12-9-6-3/h7-12H,4-6,13-18H2,1-3H3. The molecule has 0 saturated carbocycles. The van der Waals surface area contributed by atoms with Gasteiger partial charge in [0.25, 0.3) is 0 Å². The molecule has 22 heavy (non-hydrogen) atoms. The first-order chi connectivity index (χ1) is 10.8. The SMILES string of the molecule is CCC=CCCOB(OCCC=CCC)OCCC=CCC. The summed E-state index contributed by atoms with van der Waals surface area (Å²) in [7, 11) is -0.555. The molecule has 0 heterocycles. The number of allylic oxidation sites excluding steroid dienone is 3. The second kappa shape index (κ2) is 18.2. The van der Waals surface area contributed by atoms with Crippen molar-refractivity contribution in [1.29, 1.82) is 0 Å². The largest absolute Gasteiger partial charge is 0.639 e. The Balaban J connectivity index is 3.93. The predicted octanol–water partition coefficient (Wildman–Crippen LogP) is 5.09. The lowest BCUT2D eigenvalue weighted by molar-refractivity contribution is 0.0974. The molecule has 3 nitrogen and oxygen atoms in total. The highest BCUT2D eigenvalue weighted by Crippen LogP contribution is 2.00. The van der Waals surface area contributed by atoms with Gasteiger partial charge in [0.15, 0.2) is 0 Å². The lowest BCUT2D eigenvalue weighted by Gasteiger charge is -2.13. The van der Waals surface area contributed by atoms with Gasteiger partial charge in [-0.2, -0.15) is 0 Å². The summed E-state index contributed by atoms with van der Waals surface area (Å²) in [5.41, 5.74) is 0. The highest BCUT2D eigenvalue weighted by atomic mass is 16.7. The quantitative estimate of drug-likeness (QED) is 0.239. The minimum atomic E-state index is -0.555. The van der Waals surface area contributed by atoms with E-state index in [4.69, 9.17) is 14.0 Å². The third-order valence-electron chi connectivity index (χ3n) is 2.82. The molecular weight excluding hydrogens is 275 g/mol. The van der Waals surface area contributed by atoms with Crippen LogP contribution in [0.25, 0.3) is 0 Å². The van der Waals surface area contributed by atoms with Crippen LogP contribution in [0, 0.1) is 0 Å². The summed E-state index contributed by atoms with van der Waals surface area (Å²) in [6.07, 6.45) is 18.7. The minimum absolute atomic E-state index is 0.555. The van der Waals surface area contributed by atoms with Crippen LogP contribution in [0.4, 0.5) is 0 Å². The smallest absolute Gasteiger partial charge is 0.386 e. The summed E-state index contributed by atoms with van der Waals surface area (Å²) >= 11 is 0. The van der Waals surface area contributed by atoms with E-state index in [-0.39, 0.29) is 0 Å². The zero-order chi connectivity index (χ0) is 16.3. The van der Waals surface area contributed by atoms with Crippen molar-refractivity contribution in [3.05, 3.63) is 36.5 Å². The van der Waals surface area contributed by atoms with E-state index >= 15 is 0 Å². The second-order valence-corrected chi connectivity index (χ2v) is 4.91. The molecule has 0 unspecified atom stereocenters. The van der Waals surface area contributed by atoms with Gasteiger partial charge in [-0.3, -0.25) is 0 Å². The van der Waals surface area contributed by atoms with Crippen molar-refractivity contribution in [2.24, 2.45) is 0 Å². The van der Waals surface area contributed by atoms with Crippen LogP contribution >= 0.6 is 0 Å². The topological polar surface area (TPSA) is 27.7 Å². The van der Waals surface area contributed by atoms with Crippen LogP contribution in [-0.4, -0.2) is 27.1 Å². The van der Waals surface area contributed by atoms with E-state index in [1.807, 2.05) is 0 Å². The Morgan fingerprint density at radius 3 is 1.14 bits per heavy atom. The first-order valence-electron chi connectivity index (χ1n) is 8.64. The van der Waals surface area contributed by atoms with E-state index in [1.165, 1.54) is 0 Å². The lowest BCUT2D eigenvalue weighted by Crippen LogP contribution is -2.28. The van der Waals surface area contributed by atoms with Crippen LogP contribution in [0.2, 0.25) is 0 Å². The van der Waals surface area contributed by atoms with Crippen LogP contribution in [0.15, 0.2) is 36.5 Å².